The second kappa shape index (κ2) is 5.83. The molecule has 1 amide bonds. The van der Waals surface area contributed by atoms with Crippen LogP contribution in [-0.4, -0.2) is 62.0 Å². The topological polar surface area (TPSA) is 35.6 Å². The number of carbonyl (C=O) groups is 1. The normalized spacial score (nSPS) is 28.0. The molecule has 1 unspecified atom stereocenters. The third-order valence-corrected chi connectivity index (χ3v) is 4.21. The number of nitrogens with zero attached hydrogens (tertiary/aromatic N) is 2. The Balaban J connectivity index is 1.61. The summed E-state index contributed by atoms with van der Waals surface area (Å²) >= 11 is 0. The largest absolute Gasteiger partial charge is 0.344 e. The zero-order valence-corrected chi connectivity index (χ0v) is 11.1. The fraction of sp³-hybridized carbons (Fsp3) is 0.923. The smallest absolute Gasteiger partial charge is 0.239 e. The summed E-state index contributed by atoms with van der Waals surface area (Å²) in [6, 6.07) is 0.0891. The Bertz CT molecular complexity index is 261. The number of hydrogen-bond donors (Lipinski definition) is 1. The Morgan fingerprint density at radius 1 is 1.18 bits per heavy atom. The van der Waals surface area contributed by atoms with Crippen LogP contribution in [0.3, 0.4) is 0 Å². The van der Waals surface area contributed by atoms with Crippen LogP contribution in [0.15, 0.2) is 0 Å². The highest BCUT2D eigenvalue weighted by atomic mass is 16.2. The van der Waals surface area contributed by atoms with Crippen LogP contribution in [0.5, 0.6) is 0 Å². The number of hydrogen-bond acceptors (Lipinski definition) is 3. The number of nitrogens with one attached hydrogen (secondary N) is 1. The van der Waals surface area contributed by atoms with Gasteiger partial charge < -0.3 is 15.1 Å². The van der Waals surface area contributed by atoms with Crippen LogP contribution in [0.1, 0.15) is 25.7 Å². The van der Waals surface area contributed by atoms with Gasteiger partial charge >= 0.3 is 0 Å². The van der Waals surface area contributed by atoms with Gasteiger partial charge in [0.15, 0.2) is 0 Å². The molecule has 4 heteroatoms. The summed E-state index contributed by atoms with van der Waals surface area (Å²) in [5, 5.41) is 3.42. The molecule has 2 rings (SSSR count). The second-order valence-electron chi connectivity index (χ2n) is 5.59. The number of rotatable bonds is 4. The summed E-state index contributed by atoms with van der Waals surface area (Å²) in [7, 11) is 4.09. The van der Waals surface area contributed by atoms with Gasteiger partial charge in [0.05, 0.1) is 6.04 Å². The molecule has 1 N–H and O–H groups in total. The molecular formula is C13H25N3O. The number of piperidine rings is 1. The third-order valence-electron chi connectivity index (χ3n) is 4.21. The minimum Gasteiger partial charge on any atom is -0.344 e. The van der Waals surface area contributed by atoms with Crippen LogP contribution >= 0.6 is 0 Å². The highest BCUT2D eigenvalue weighted by molar-refractivity contribution is 5.83. The Morgan fingerprint density at radius 2 is 1.88 bits per heavy atom. The minimum absolute atomic E-state index is 0.0891. The Morgan fingerprint density at radius 3 is 2.47 bits per heavy atom. The zero-order chi connectivity index (χ0) is 12.3. The van der Waals surface area contributed by atoms with E-state index >= 15 is 0 Å². The maximum atomic E-state index is 11.7. The molecule has 2 fully saturated rings. The van der Waals surface area contributed by atoms with Crippen molar-refractivity contribution in [3.63, 3.8) is 0 Å². The highest BCUT2D eigenvalue weighted by Crippen LogP contribution is 2.19. The van der Waals surface area contributed by atoms with Crippen LogP contribution < -0.4 is 5.32 Å². The predicted molar refractivity (Wildman–Crippen MR) is 68.9 cm³/mol. The first-order valence-electron chi connectivity index (χ1n) is 6.83. The number of likely N-dealkylation sites (N-methyl/N-ethyl adjacent to an activating group) is 1. The van der Waals surface area contributed by atoms with Crippen LogP contribution in [0.2, 0.25) is 0 Å². The molecule has 0 radical (unpaired) electrons. The van der Waals surface area contributed by atoms with E-state index in [1.807, 2.05) is 11.9 Å². The summed E-state index contributed by atoms with van der Waals surface area (Å²) in [4.78, 5) is 15.9. The van der Waals surface area contributed by atoms with Crippen molar-refractivity contribution in [2.45, 2.75) is 31.7 Å². The van der Waals surface area contributed by atoms with E-state index in [2.05, 4.69) is 17.3 Å². The van der Waals surface area contributed by atoms with Crippen molar-refractivity contribution >= 4 is 5.91 Å². The van der Waals surface area contributed by atoms with Gasteiger partial charge in [0.2, 0.25) is 5.91 Å². The molecule has 2 saturated heterocycles. The summed E-state index contributed by atoms with van der Waals surface area (Å²) in [5.74, 6) is 1.13. The molecule has 2 aliphatic heterocycles. The van der Waals surface area contributed by atoms with Crippen LogP contribution in [0.25, 0.3) is 0 Å². The first kappa shape index (κ1) is 12.8. The fourth-order valence-corrected chi connectivity index (χ4v) is 2.82. The summed E-state index contributed by atoms with van der Waals surface area (Å²) < 4.78 is 0. The lowest BCUT2D eigenvalue weighted by molar-refractivity contribution is -0.128. The number of likely N-dealkylation sites (tertiary alicyclic amines) is 2. The van der Waals surface area contributed by atoms with Gasteiger partial charge in [-0.1, -0.05) is 0 Å². The van der Waals surface area contributed by atoms with E-state index in [9.17, 15) is 4.79 Å². The fourth-order valence-electron chi connectivity index (χ4n) is 2.82. The maximum Gasteiger partial charge on any atom is 0.239 e. The van der Waals surface area contributed by atoms with E-state index in [1.54, 1.807) is 0 Å². The number of carbonyl (C=O) groups excluding carboxylic acids is 1. The molecular weight excluding hydrogens is 214 g/mol. The monoisotopic (exact) mass is 239 g/mol. The van der Waals surface area contributed by atoms with Crippen molar-refractivity contribution < 1.29 is 4.79 Å². The molecule has 0 aliphatic carbocycles. The third kappa shape index (κ3) is 3.42. The molecule has 0 spiro atoms. The maximum absolute atomic E-state index is 11.7. The van der Waals surface area contributed by atoms with E-state index < -0.39 is 0 Å². The van der Waals surface area contributed by atoms with Gasteiger partial charge in [0.25, 0.3) is 0 Å². The first-order valence-corrected chi connectivity index (χ1v) is 6.83. The van der Waals surface area contributed by atoms with Crippen molar-refractivity contribution in [3.05, 3.63) is 0 Å². The average Bonchev–Trinajstić information content (AvgIpc) is 2.64. The molecule has 0 bridgehead atoms. The van der Waals surface area contributed by atoms with Crippen molar-refractivity contribution in [2.75, 3.05) is 40.3 Å². The Kier molecular flexibility index (Phi) is 4.40. The molecule has 98 valence electrons. The van der Waals surface area contributed by atoms with Crippen LogP contribution in [-0.2, 0) is 4.79 Å². The summed E-state index contributed by atoms with van der Waals surface area (Å²) in [6.07, 6.45) is 4.83. The lowest BCUT2D eigenvalue weighted by Gasteiger charge is -2.29. The summed E-state index contributed by atoms with van der Waals surface area (Å²) in [6.45, 7) is 4.37. The van der Waals surface area contributed by atoms with E-state index in [0.29, 0.717) is 0 Å². The standard InChI is InChI=1S/C13H25N3O/c1-15-8-4-11(5-9-15)3-7-14-12-6-10-16(2)13(12)17/h11-12,14H,3-10H2,1-2H3. The van der Waals surface area contributed by atoms with Crippen LogP contribution in [0, 0.1) is 5.92 Å². The van der Waals surface area contributed by atoms with Gasteiger partial charge in [-0.3, -0.25) is 4.79 Å². The molecule has 2 aliphatic rings. The van der Waals surface area contributed by atoms with E-state index in [-0.39, 0.29) is 11.9 Å². The molecule has 0 aromatic rings. The van der Waals surface area contributed by atoms with E-state index in [4.69, 9.17) is 0 Å². The van der Waals surface area contributed by atoms with Crippen molar-refractivity contribution in [1.29, 1.82) is 0 Å². The van der Waals surface area contributed by atoms with Crippen LogP contribution in [0.4, 0.5) is 0 Å². The van der Waals surface area contributed by atoms with E-state index in [1.165, 1.54) is 32.4 Å². The number of amides is 1. The van der Waals surface area contributed by atoms with Gasteiger partial charge in [-0.15, -0.1) is 0 Å². The lowest BCUT2D eigenvalue weighted by atomic mass is 9.94. The lowest BCUT2D eigenvalue weighted by Crippen LogP contribution is -2.38. The highest BCUT2D eigenvalue weighted by Gasteiger charge is 2.28. The molecule has 4 nitrogen and oxygen atoms in total. The summed E-state index contributed by atoms with van der Waals surface area (Å²) in [5.41, 5.74) is 0. The Labute approximate surface area is 104 Å². The van der Waals surface area contributed by atoms with Gasteiger partial charge in [-0.05, 0) is 58.3 Å². The zero-order valence-electron chi connectivity index (χ0n) is 11.1. The van der Waals surface area contributed by atoms with Crippen molar-refractivity contribution in [2.24, 2.45) is 5.92 Å². The quantitative estimate of drug-likeness (QED) is 0.778. The molecule has 0 aromatic carbocycles. The molecule has 0 aromatic heterocycles. The molecule has 0 saturated carbocycles. The first-order chi connectivity index (χ1) is 8.16. The van der Waals surface area contributed by atoms with E-state index in [0.717, 1.165) is 25.4 Å². The van der Waals surface area contributed by atoms with Crippen molar-refractivity contribution in [1.82, 2.24) is 15.1 Å². The Hall–Kier alpha value is -0.610. The molecule has 1 atom stereocenters. The van der Waals surface area contributed by atoms with Gasteiger partial charge in [-0.25, -0.2) is 0 Å². The second-order valence-corrected chi connectivity index (χ2v) is 5.59. The van der Waals surface area contributed by atoms with Gasteiger partial charge in [-0.2, -0.15) is 0 Å². The molecule has 17 heavy (non-hydrogen) atoms. The average molecular weight is 239 g/mol. The van der Waals surface area contributed by atoms with Gasteiger partial charge in [0, 0.05) is 13.6 Å². The SMILES string of the molecule is CN1CCC(CCNC2CCN(C)C2=O)CC1. The molecule has 2 heterocycles. The van der Waals surface area contributed by atoms with Gasteiger partial charge in [0.1, 0.15) is 0 Å². The predicted octanol–water partition coefficient (Wildman–Crippen LogP) is 0.539. The minimum atomic E-state index is 0.0891. The van der Waals surface area contributed by atoms with Crippen molar-refractivity contribution in [3.8, 4) is 0 Å².